The second-order valence-corrected chi connectivity index (χ2v) is 4.01. The van der Waals surface area contributed by atoms with Crippen molar-refractivity contribution in [2.24, 2.45) is 5.73 Å². The van der Waals surface area contributed by atoms with Crippen molar-refractivity contribution in [3.8, 4) is 0 Å². The summed E-state index contributed by atoms with van der Waals surface area (Å²) in [5.74, 6) is -0.0223. The summed E-state index contributed by atoms with van der Waals surface area (Å²) in [5.41, 5.74) is 7.50. The van der Waals surface area contributed by atoms with Gasteiger partial charge in [0.15, 0.2) is 0 Å². The number of halogens is 2. The van der Waals surface area contributed by atoms with Crippen LogP contribution in [0.4, 0.5) is 4.39 Å². The van der Waals surface area contributed by atoms with Crippen LogP contribution in [0.5, 0.6) is 0 Å². The second-order valence-electron chi connectivity index (χ2n) is 3.60. The van der Waals surface area contributed by atoms with Crippen molar-refractivity contribution in [2.75, 3.05) is 6.54 Å². The Hall–Kier alpha value is -0.600. The average Bonchev–Trinajstić information content (AvgIpc) is 2.11. The van der Waals surface area contributed by atoms with Gasteiger partial charge in [-0.1, -0.05) is 18.5 Å². The zero-order valence-electron chi connectivity index (χ0n) is 8.48. The van der Waals surface area contributed by atoms with Crippen LogP contribution in [0.25, 0.3) is 0 Å². The van der Waals surface area contributed by atoms with E-state index in [9.17, 15) is 4.39 Å². The van der Waals surface area contributed by atoms with Gasteiger partial charge in [0.05, 0.1) is 5.02 Å². The summed E-state index contributed by atoms with van der Waals surface area (Å²) in [7, 11) is 0. The maximum atomic E-state index is 13.1. The highest BCUT2D eigenvalue weighted by atomic mass is 35.5. The van der Waals surface area contributed by atoms with Crippen LogP contribution in [0.15, 0.2) is 12.1 Å². The molecule has 1 rings (SSSR count). The van der Waals surface area contributed by atoms with Gasteiger partial charge in [-0.2, -0.15) is 0 Å². The van der Waals surface area contributed by atoms with Crippen LogP contribution in [0.2, 0.25) is 5.02 Å². The minimum atomic E-state index is -0.354. The number of rotatable bonds is 3. The van der Waals surface area contributed by atoms with Crippen molar-refractivity contribution in [3.63, 3.8) is 0 Å². The van der Waals surface area contributed by atoms with Crippen molar-refractivity contribution in [1.29, 1.82) is 0 Å². The minimum Gasteiger partial charge on any atom is -0.330 e. The molecule has 1 aromatic rings. The highest BCUT2D eigenvalue weighted by Gasteiger charge is 2.11. The number of hydrogen-bond acceptors (Lipinski definition) is 1. The van der Waals surface area contributed by atoms with Crippen molar-refractivity contribution in [2.45, 2.75) is 26.2 Å². The molecule has 0 heterocycles. The normalized spacial score (nSPS) is 12.9. The number of benzene rings is 1. The van der Waals surface area contributed by atoms with Gasteiger partial charge in [0.2, 0.25) is 0 Å². The second kappa shape index (κ2) is 4.76. The Bertz CT molecular complexity index is 325. The SMILES string of the molecule is Cc1cc(F)c(Cl)cc1C(C)CCN. The van der Waals surface area contributed by atoms with Gasteiger partial charge in [-0.15, -0.1) is 0 Å². The van der Waals surface area contributed by atoms with E-state index in [1.54, 1.807) is 6.07 Å². The third-order valence-corrected chi connectivity index (χ3v) is 2.73. The average molecular weight is 216 g/mol. The Morgan fingerprint density at radius 3 is 2.71 bits per heavy atom. The van der Waals surface area contributed by atoms with Crippen LogP contribution in [0.3, 0.4) is 0 Å². The number of aryl methyl sites for hydroxylation is 1. The fourth-order valence-corrected chi connectivity index (χ4v) is 1.77. The van der Waals surface area contributed by atoms with E-state index in [0.717, 1.165) is 17.5 Å². The topological polar surface area (TPSA) is 26.0 Å². The lowest BCUT2D eigenvalue weighted by Crippen LogP contribution is -2.06. The Morgan fingerprint density at radius 2 is 2.14 bits per heavy atom. The van der Waals surface area contributed by atoms with Gasteiger partial charge < -0.3 is 5.73 Å². The molecule has 0 fully saturated rings. The largest absolute Gasteiger partial charge is 0.330 e. The maximum absolute atomic E-state index is 13.1. The molecule has 0 saturated carbocycles. The first-order valence-corrected chi connectivity index (χ1v) is 5.09. The van der Waals surface area contributed by atoms with E-state index >= 15 is 0 Å². The van der Waals surface area contributed by atoms with Gasteiger partial charge in [-0.05, 0) is 49.1 Å². The fourth-order valence-electron chi connectivity index (χ4n) is 1.60. The summed E-state index contributed by atoms with van der Waals surface area (Å²) in [6.45, 7) is 4.60. The van der Waals surface area contributed by atoms with Crippen LogP contribution in [0, 0.1) is 12.7 Å². The zero-order chi connectivity index (χ0) is 10.7. The minimum absolute atomic E-state index is 0.189. The molecule has 0 aliphatic carbocycles. The Labute approximate surface area is 89.1 Å². The summed E-state index contributed by atoms with van der Waals surface area (Å²) < 4.78 is 13.1. The van der Waals surface area contributed by atoms with E-state index in [2.05, 4.69) is 6.92 Å². The van der Waals surface area contributed by atoms with Crippen molar-refractivity contribution < 1.29 is 4.39 Å². The van der Waals surface area contributed by atoms with Crippen LogP contribution in [-0.2, 0) is 0 Å². The zero-order valence-corrected chi connectivity index (χ0v) is 9.24. The Morgan fingerprint density at radius 1 is 1.50 bits per heavy atom. The highest BCUT2D eigenvalue weighted by molar-refractivity contribution is 6.30. The first-order chi connectivity index (χ1) is 6.56. The summed E-state index contributed by atoms with van der Waals surface area (Å²) in [6.07, 6.45) is 0.892. The van der Waals surface area contributed by atoms with E-state index in [-0.39, 0.29) is 10.8 Å². The lowest BCUT2D eigenvalue weighted by atomic mass is 9.94. The lowest BCUT2D eigenvalue weighted by molar-refractivity contribution is 0.621. The quantitative estimate of drug-likeness (QED) is 0.823. The van der Waals surface area contributed by atoms with Crippen molar-refractivity contribution in [1.82, 2.24) is 0 Å². The summed E-state index contributed by atoms with van der Waals surface area (Å²) in [4.78, 5) is 0. The molecule has 1 aromatic carbocycles. The van der Waals surface area contributed by atoms with E-state index in [1.807, 2.05) is 6.92 Å². The molecule has 3 heteroatoms. The molecule has 0 aliphatic rings. The molecule has 0 aliphatic heterocycles. The van der Waals surface area contributed by atoms with Gasteiger partial charge in [0.25, 0.3) is 0 Å². The molecular weight excluding hydrogens is 201 g/mol. The third kappa shape index (κ3) is 2.46. The van der Waals surface area contributed by atoms with E-state index in [1.165, 1.54) is 6.07 Å². The van der Waals surface area contributed by atoms with Crippen LogP contribution in [-0.4, -0.2) is 6.54 Å². The maximum Gasteiger partial charge on any atom is 0.142 e. The van der Waals surface area contributed by atoms with Gasteiger partial charge in [-0.25, -0.2) is 4.39 Å². The summed E-state index contributed by atoms with van der Waals surface area (Å²) in [6, 6.07) is 3.18. The van der Waals surface area contributed by atoms with Gasteiger partial charge in [0.1, 0.15) is 5.82 Å². The molecule has 0 saturated heterocycles. The fraction of sp³-hybridized carbons (Fsp3) is 0.455. The summed E-state index contributed by atoms with van der Waals surface area (Å²) >= 11 is 5.72. The Kier molecular flexibility index (Phi) is 3.90. The van der Waals surface area contributed by atoms with Gasteiger partial charge >= 0.3 is 0 Å². The predicted molar refractivity (Wildman–Crippen MR) is 58.2 cm³/mol. The van der Waals surface area contributed by atoms with Crippen LogP contribution >= 0.6 is 11.6 Å². The molecule has 0 aromatic heterocycles. The molecule has 1 nitrogen and oxygen atoms in total. The van der Waals surface area contributed by atoms with Crippen LogP contribution in [0.1, 0.15) is 30.4 Å². The number of nitrogens with two attached hydrogens (primary N) is 1. The predicted octanol–water partition coefficient (Wildman–Crippen LogP) is 3.24. The molecule has 1 atom stereocenters. The van der Waals surface area contributed by atoms with E-state index < -0.39 is 0 Å². The van der Waals surface area contributed by atoms with Gasteiger partial charge in [-0.3, -0.25) is 0 Å². The van der Waals surface area contributed by atoms with E-state index in [0.29, 0.717) is 12.5 Å². The standard InChI is InChI=1S/C11H15ClFN/c1-7(3-4-14)9-6-10(12)11(13)5-8(9)2/h5-7H,3-4,14H2,1-2H3. The summed E-state index contributed by atoms with van der Waals surface area (Å²) in [5, 5.41) is 0.189. The molecule has 0 amide bonds. The third-order valence-electron chi connectivity index (χ3n) is 2.44. The lowest BCUT2D eigenvalue weighted by Gasteiger charge is -2.14. The molecule has 14 heavy (non-hydrogen) atoms. The molecule has 2 N–H and O–H groups in total. The van der Waals surface area contributed by atoms with E-state index in [4.69, 9.17) is 17.3 Å². The highest BCUT2D eigenvalue weighted by Crippen LogP contribution is 2.27. The molecule has 0 spiro atoms. The molecule has 0 radical (unpaired) electrons. The monoisotopic (exact) mass is 215 g/mol. The first-order valence-electron chi connectivity index (χ1n) is 4.72. The Balaban J connectivity index is 3.02. The smallest absolute Gasteiger partial charge is 0.142 e. The number of hydrogen-bond donors (Lipinski definition) is 1. The first kappa shape index (κ1) is 11.5. The van der Waals surface area contributed by atoms with Crippen LogP contribution < -0.4 is 5.73 Å². The molecule has 1 unspecified atom stereocenters. The molecule has 78 valence electrons. The van der Waals surface area contributed by atoms with Crippen molar-refractivity contribution in [3.05, 3.63) is 34.1 Å². The van der Waals surface area contributed by atoms with Crippen molar-refractivity contribution >= 4 is 11.6 Å². The molecule has 0 bridgehead atoms. The molecular formula is C11H15ClFN. The van der Waals surface area contributed by atoms with Gasteiger partial charge in [0, 0.05) is 0 Å².